The van der Waals surface area contributed by atoms with Crippen LogP contribution in [0.15, 0.2) is 66.9 Å². The van der Waals surface area contributed by atoms with Crippen molar-refractivity contribution in [3.8, 4) is 0 Å². The maximum Gasteiger partial charge on any atom is 0.337 e. The zero-order chi connectivity index (χ0) is 28.7. The highest BCUT2D eigenvalue weighted by molar-refractivity contribution is 5.99. The van der Waals surface area contributed by atoms with Crippen molar-refractivity contribution >= 4 is 29.4 Å². The molecule has 39 heavy (non-hydrogen) atoms. The minimum atomic E-state index is -1.62. The Hall–Kier alpha value is -3.98. The SMILES string of the molecule is CC(=O)N1C=C(c2ccccc2)N(CC(=O)N[C@@H](Cc2ccccc2)C(O)C(=O)OC(C)C)C(=O)[C@H]1C(C)C. The quantitative estimate of drug-likeness (QED) is 0.452. The third kappa shape index (κ3) is 7.54. The van der Waals surface area contributed by atoms with Gasteiger partial charge in [0.25, 0.3) is 5.91 Å². The normalized spacial score (nSPS) is 17.1. The van der Waals surface area contributed by atoms with Crippen LogP contribution in [0, 0.1) is 5.92 Å². The third-order valence-electron chi connectivity index (χ3n) is 6.36. The fourth-order valence-electron chi connectivity index (χ4n) is 4.55. The summed E-state index contributed by atoms with van der Waals surface area (Å²) in [6.45, 7) is 8.05. The molecule has 1 unspecified atom stereocenters. The Morgan fingerprint density at radius 3 is 2.10 bits per heavy atom. The minimum Gasteiger partial charge on any atom is -0.461 e. The average Bonchev–Trinajstić information content (AvgIpc) is 2.89. The van der Waals surface area contributed by atoms with E-state index in [4.69, 9.17) is 4.74 Å². The second-order valence-electron chi connectivity index (χ2n) is 10.2. The van der Waals surface area contributed by atoms with Crippen molar-refractivity contribution < 1.29 is 29.0 Å². The summed E-state index contributed by atoms with van der Waals surface area (Å²) in [7, 11) is 0. The third-order valence-corrected chi connectivity index (χ3v) is 6.36. The van der Waals surface area contributed by atoms with Crippen molar-refractivity contribution in [3.05, 3.63) is 78.0 Å². The number of aliphatic hydroxyl groups is 1. The van der Waals surface area contributed by atoms with Gasteiger partial charge in [-0.1, -0.05) is 74.5 Å². The first-order chi connectivity index (χ1) is 18.5. The molecule has 1 aliphatic rings. The van der Waals surface area contributed by atoms with Crippen molar-refractivity contribution in [2.24, 2.45) is 5.92 Å². The zero-order valence-corrected chi connectivity index (χ0v) is 23.0. The molecule has 0 spiro atoms. The Balaban J connectivity index is 1.92. The molecule has 3 rings (SSSR count). The van der Waals surface area contributed by atoms with Gasteiger partial charge in [-0.3, -0.25) is 19.3 Å². The fraction of sp³-hybridized carbons (Fsp3) is 0.400. The molecule has 1 heterocycles. The summed E-state index contributed by atoms with van der Waals surface area (Å²) in [6.07, 6.45) is -0.285. The molecule has 3 atom stereocenters. The van der Waals surface area contributed by atoms with Gasteiger partial charge >= 0.3 is 5.97 Å². The van der Waals surface area contributed by atoms with Crippen LogP contribution in [-0.4, -0.2) is 69.4 Å². The highest BCUT2D eigenvalue weighted by Crippen LogP contribution is 2.30. The Labute approximate surface area is 229 Å². The van der Waals surface area contributed by atoms with Gasteiger partial charge in [-0.2, -0.15) is 0 Å². The number of hydrogen-bond acceptors (Lipinski definition) is 6. The Morgan fingerprint density at radius 1 is 0.974 bits per heavy atom. The maximum absolute atomic E-state index is 13.7. The number of carbonyl (C=O) groups excluding carboxylic acids is 4. The molecule has 0 bridgehead atoms. The van der Waals surface area contributed by atoms with Crippen LogP contribution in [0.2, 0.25) is 0 Å². The van der Waals surface area contributed by atoms with Gasteiger partial charge < -0.3 is 20.1 Å². The van der Waals surface area contributed by atoms with Crippen LogP contribution in [0.4, 0.5) is 0 Å². The van der Waals surface area contributed by atoms with E-state index in [0.29, 0.717) is 11.3 Å². The van der Waals surface area contributed by atoms with Crippen molar-refractivity contribution in [1.29, 1.82) is 0 Å². The van der Waals surface area contributed by atoms with Gasteiger partial charge in [-0.15, -0.1) is 0 Å². The molecule has 0 aliphatic carbocycles. The molecule has 2 aromatic carbocycles. The van der Waals surface area contributed by atoms with Crippen LogP contribution >= 0.6 is 0 Å². The predicted octanol–water partition coefficient (Wildman–Crippen LogP) is 2.74. The number of ether oxygens (including phenoxy) is 1. The molecular weight excluding hydrogens is 498 g/mol. The van der Waals surface area contributed by atoms with Crippen molar-refractivity contribution in [2.75, 3.05) is 6.54 Å². The number of rotatable bonds is 10. The smallest absolute Gasteiger partial charge is 0.337 e. The summed E-state index contributed by atoms with van der Waals surface area (Å²) in [5.41, 5.74) is 1.87. The summed E-state index contributed by atoms with van der Waals surface area (Å²) in [5, 5.41) is 13.6. The van der Waals surface area contributed by atoms with E-state index in [9.17, 15) is 24.3 Å². The largest absolute Gasteiger partial charge is 0.461 e. The predicted molar refractivity (Wildman–Crippen MR) is 147 cm³/mol. The molecule has 9 nitrogen and oxygen atoms in total. The summed E-state index contributed by atoms with van der Waals surface area (Å²) >= 11 is 0. The number of amides is 3. The second kappa shape index (κ2) is 13.2. The first kappa shape index (κ1) is 29.6. The number of aliphatic hydroxyl groups excluding tert-OH is 1. The van der Waals surface area contributed by atoms with Gasteiger partial charge in [0.2, 0.25) is 11.8 Å². The first-order valence-electron chi connectivity index (χ1n) is 13.1. The highest BCUT2D eigenvalue weighted by atomic mass is 16.6. The minimum absolute atomic E-state index is 0.170. The van der Waals surface area contributed by atoms with Crippen molar-refractivity contribution in [2.45, 2.75) is 65.3 Å². The molecule has 208 valence electrons. The Kier molecular flexibility index (Phi) is 10.0. The van der Waals surface area contributed by atoms with Gasteiger partial charge in [-0.05, 0) is 37.3 Å². The molecule has 0 radical (unpaired) electrons. The lowest BCUT2D eigenvalue weighted by molar-refractivity contribution is -0.159. The van der Waals surface area contributed by atoms with Crippen LogP contribution in [0.1, 0.15) is 45.7 Å². The van der Waals surface area contributed by atoms with Crippen LogP contribution in [0.3, 0.4) is 0 Å². The fourth-order valence-corrected chi connectivity index (χ4v) is 4.55. The summed E-state index contributed by atoms with van der Waals surface area (Å²) in [4.78, 5) is 54.9. The van der Waals surface area contributed by atoms with E-state index in [1.807, 2.05) is 50.2 Å². The number of esters is 1. The molecule has 1 aliphatic heterocycles. The number of nitrogens with zero attached hydrogens (tertiary/aromatic N) is 2. The van der Waals surface area contributed by atoms with Gasteiger partial charge in [0.05, 0.1) is 17.8 Å². The number of nitrogens with one attached hydrogen (secondary N) is 1. The van der Waals surface area contributed by atoms with Crippen LogP contribution in [0.25, 0.3) is 5.70 Å². The van der Waals surface area contributed by atoms with E-state index in [1.165, 1.54) is 16.7 Å². The molecular formula is C30H37N3O6. The maximum atomic E-state index is 13.7. The summed E-state index contributed by atoms with van der Waals surface area (Å²) in [6, 6.07) is 16.4. The number of carbonyl (C=O) groups is 4. The standard InChI is InChI=1S/C30H37N3O6/c1-19(2)27-29(37)33(25(17-32(27)21(5)34)23-14-10-7-11-15-23)18-26(35)31-24(16-22-12-8-6-9-13-22)28(36)30(38)39-20(3)4/h6-15,17,19-20,24,27-28,36H,16,18H2,1-5H3,(H,31,35)/t24-,27+,28?/m0/s1. The molecule has 0 saturated carbocycles. The highest BCUT2D eigenvalue weighted by Gasteiger charge is 2.40. The second-order valence-corrected chi connectivity index (χ2v) is 10.2. The van der Waals surface area contributed by atoms with Crippen molar-refractivity contribution in [1.82, 2.24) is 15.1 Å². The average molecular weight is 536 g/mol. The lowest BCUT2D eigenvalue weighted by Crippen LogP contribution is -2.57. The van der Waals surface area contributed by atoms with E-state index in [0.717, 1.165) is 5.56 Å². The molecule has 0 saturated heterocycles. The molecule has 0 fully saturated rings. The molecule has 9 heteroatoms. The molecule has 2 N–H and O–H groups in total. The summed E-state index contributed by atoms with van der Waals surface area (Å²) in [5.74, 6) is -2.30. The van der Waals surface area contributed by atoms with Crippen LogP contribution in [-0.2, 0) is 30.3 Å². The van der Waals surface area contributed by atoms with E-state index in [1.54, 1.807) is 44.3 Å². The van der Waals surface area contributed by atoms with E-state index >= 15 is 0 Å². The van der Waals surface area contributed by atoms with Gasteiger partial charge in [0.15, 0.2) is 6.10 Å². The van der Waals surface area contributed by atoms with Crippen LogP contribution in [0.5, 0.6) is 0 Å². The van der Waals surface area contributed by atoms with E-state index in [-0.39, 0.29) is 24.8 Å². The molecule has 2 aromatic rings. The number of benzene rings is 2. The Morgan fingerprint density at radius 2 is 1.56 bits per heavy atom. The van der Waals surface area contributed by atoms with Gasteiger partial charge in [0, 0.05) is 13.1 Å². The van der Waals surface area contributed by atoms with Crippen LogP contribution < -0.4 is 5.32 Å². The monoisotopic (exact) mass is 535 g/mol. The van der Waals surface area contributed by atoms with E-state index < -0.39 is 42.1 Å². The van der Waals surface area contributed by atoms with Gasteiger partial charge in [0.1, 0.15) is 12.6 Å². The number of hydrogen-bond donors (Lipinski definition) is 2. The van der Waals surface area contributed by atoms with E-state index in [2.05, 4.69) is 5.32 Å². The van der Waals surface area contributed by atoms with Crippen molar-refractivity contribution in [3.63, 3.8) is 0 Å². The lowest BCUT2D eigenvalue weighted by atomic mass is 9.97. The first-order valence-corrected chi connectivity index (χ1v) is 13.1. The summed E-state index contributed by atoms with van der Waals surface area (Å²) < 4.78 is 5.18. The Bertz CT molecular complexity index is 1200. The van der Waals surface area contributed by atoms with Gasteiger partial charge in [-0.25, -0.2) is 4.79 Å². The lowest BCUT2D eigenvalue weighted by Gasteiger charge is -2.40. The molecule has 0 aromatic heterocycles. The topological polar surface area (TPSA) is 116 Å². The zero-order valence-electron chi connectivity index (χ0n) is 23.0. The molecule has 3 amide bonds.